The molecular formula is C12H21NO2. The van der Waals surface area contributed by atoms with Gasteiger partial charge in [-0.15, -0.1) is 0 Å². The number of hydrogen-bond acceptors (Lipinski definition) is 3. The van der Waals surface area contributed by atoms with Crippen molar-refractivity contribution in [2.24, 2.45) is 0 Å². The van der Waals surface area contributed by atoms with Crippen LogP contribution in [-0.4, -0.2) is 25.9 Å². The fraction of sp³-hybridized carbons (Fsp3) is 0.917. The monoisotopic (exact) mass is 211 g/mol. The minimum atomic E-state index is 0.510. The van der Waals surface area contributed by atoms with Crippen molar-refractivity contribution in [3.63, 3.8) is 0 Å². The molecule has 0 aliphatic carbocycles. The molecule has 15 heavy (non-hydrogen) atoms. The van der Waals surface area contributed by atoms with Crippen LogP contribution in [0.2, 0.25) is 0 Å². The predicted octanol–water partition coefficient (Wildman–Crippen LogP) is 2.66. The minimum Gasteiger partial charge on any atom is -0.380 e. The van der Waals surface area contributed by atoms with E-state index in [2.05, 4.69) is 6.07 Å². The highest BCUT2D eigenvalue weighted by Gasteiger charge is 2.14. The van der Waals surface area contributed by atoms with Gasteiger partial charge >= 0.3 is 0 Å². The molecular weight excluding hydrogens is 190 g/mol. The second-order valence-electron chi connectivity index (χ2n) is 4.00. The Labute approximate surface area is 92.4 Å². The molecule has 86 valence electrons. The van der Waals surface area contributed by atoms with Crippen molar-refractivity contribution in [1.82, 2.24) is 0 Å². The van der Waals surface area contributed by atoms with Gasteiger partial charge in [0.25, 0.3) is 0 Å². The highest BCUT2D eigenvalue weighted by Crippen LogP contribution is 2.17. The largest absolute Gasteiger partial charge is 0.380 e. The van der Waals surface area contributed by atoms with Gasteiger partial charge in [0, 0.05) is 13.2 Å². The Morgan fingerprint density at radius 2 is 2.20 bits per heavy atom. The van der Waals surface area contributed by atoms with Crippen LogP contribution in [0, 0.1) is 11.3 Å². The summed E-state index contributed by atoms with van der Waals surface area (Å²) in [4.78, 5) is 0. The average molecular weight is 211 g/mol. The molecule has 0 N–H and O–H groups in total. The molecule has 0 spiro atoms. The van der Waals surface area contributed by atoms with Gasteiger partial charge in [0.2, 0.25) is 0 Å². The molecule has 1 aliphatic heterocycles. The van der Waals surface area contributed by atoms with Crippen LogP contribution in [0.3, 0.4) is 0 Å². The summed E-state index contributed by atoms with van der Waals surface area (Å²) >= 11 is 0. The van der Waals surface area contributed by atoms with Crippen LogP contribution in [0.25, 0.3) is 0 Å². The minimum absolute atomic E-state index is 0.510. The normalized spacial score (nSPS) is 20.3. The molecule has 1 heterocycles. The molecule has 3 heteroatoms. The first-order valence-corrected chi connectivity index (χ1v) is 6.00. The molecule has 3 nitrogen and oxygen atoms in total. The van der Waals surface area contributed by atoms with E-state index >= 15 is 0 Å². The van der Waals surface area contributed by atoms with E-state index in [1.807, 2.05) is 0 Å². The number of nitriles is 1. The van der Waals surface area contributed by atoms with E-state index in [1.165, 1.54) is 32.1 Å². The lowest BCUT2D eigenvalue weighted by atomic mass is 10.1. The number of ether oxygens (including phenoxy) is 2. The number of hydrogen-bond donors (Lipinski definition) is 0. The van der Waals surface area contributed by atoms with Crippen LogP contribution in [-0.2, 0) is 9.47 Å². The Balaban J connectivity index is 1.75. The van der Waals surface area contributed by atoms with Crippen molar-refractivity contribution < 1.29 is 9.47 Å². The summed E-state index contributed by atoms with van der Waals surface area (Å²) in [5, 5.41) is 8.28. The van der Waals surface area contributed by atoms with Crippen molar-refractivity contribution >= 4 is 0 Å². The second-order valence-corrected chi connectivity index (χ2v) is 4.00. The van der Waals surface area contributed by atoms with Gasteiger partial charge in [-0.1, -0.05) is 12.8 Å². The van der Waals surface area contributed by atoms with E-state index in [-0.39, 0.29) is 0 Å². The molecule has 1 unspecified atom stereocenters. The molecule has 1 atom stereocenters. The van der Waals surface area contributed by atoms with E-state index in [0.717, 1.165) is 19.6 Å². The molecule has 0 aromatic heterocycles. The first-order chi connectivity index (χ1) is 7.43. The van der Waals surface area contributed by atoms with Gasteiger partial charge in [-0.25, -0.2) is 0 Å². The molecule has 0 aromatic rings. The van der Waals surface area contributed by atoms with Crippen molar-refractivity contribution in [3.05, 3.63) is 0 Å². The Kier molecular flexibility index (Phi) is 7.24. The van der Waals surface area contributed by atoms with E-state index < -0.39 is 0 Å². The van der Waals surface area contributed by atoms with E-state index in [0.29, 0.717) is 19.1 Å². The van der Waals surface area contributed by atoms with E-state index in [1.54, 1.807) is 0 Å². The Bertz CT molecular complexity index is 183. The summed E-state index contributed by atoms with van der Waals surface area (Å²) < 4.78 is 10.8. The van der Waals surface area contributed by atoms with Gasteiger partial charge in [-0.05, 0) is 25.7 Å². The summed E-state index contributed by atoms with van der Waals surface area (Å²) in [6, 6.07) is 2.07. The van der Waals surface area contributed by atoms with Crippen LogP contribution in [0.15, 0.2) is 0 Å². The van der Waals surface area contributed by atoms with Crippen LogP contribution in [0.1, 0.15) is 44.9 Å². The maximum atomic E-state index is 8.28. The molecule has 1 fully saturated rings. The summed E-state index contributed by atoms with van der Waals surface area (Å²) in [7, 11) is 0. The van der Waals surface area contributed by atoms with Gasteiger partial charge in [0.05, 0.1) is 25.2 Å². The van der Waals surface area contributed by atoms with E-state index in [4.69, 9.17) is 14.7 Å². The Hall–Kier alpha value is -0.590. The number of rotatable bonds is 8. The zero-order chi connectivity index (χ0) is 10.8. The zero-order valence-corrected chi connectivity index (χ0v) is 9.41. The summed E-state index contributed by atoms with van der Waals surface area (Å²) in [5.41, 5.74) is 0. The molecule has 0 bridgehead atoms. The number of nitrogens with zero attached hydrogens (tertiary/aromatic N) is 1. The van der Waals surface area contributed by atoms with Gasteiger partial charge < -0.3 is 9.47 Å². The Morgan fingerprint density at radius 3 is 2.93 bits per heavy atom. The maximum Gasteiger partial charge on any atom is 0.0645 e. The predicted molar refractivity (Wildman–Crippen MR) is 58.5 cm³/mol. The highest BCUT2D eigenvalue weighted by molar-refractivity contribution is 4.67. The zero-order valence-electron chi connectivity index (χ0n) is 9.41. The third kappa shape index (κ3) is 6.48. The first-order valence-electron chi connectivity index (χ1n) is 6.00. The summed E-state index contributed by atoms with van der Waals surface area (Å²) in [6.45, 7) is 2.34. The van der Waals surface area contributed by atoms with Crippen LogP contribution >= 0.6 is 0 Å². The van der Waals surface area contributed by atoms with Gasteiger partial charge in [0.15, 0.2) is 0 Å². The molecule has 0 radical (unpaired) electrons. The lowest BCUT2D eigenvalue weighted by Gasteiger charge is -2.08. The van der Waals surface area contributed by atoms with Crippen molar-refractivity contribution in [1.29, 1.82) is 5.26 Å². The summed E-state index contributed by atoms with van der Waals surface area (Å²) in [6.07, 6.45) is 8.30. The SMILES string of the molecule is N#CCCOCCCCCC1CCCO1. The Morgan fingerprint density at radius 1 is 1.27 bits per heavy atom. The van der Waals surface area contributed by atoms with E-state index in [9.17, 15) is 0 Å². The van der Waals surface area contributed by atoms with Crippen molar-refractivity contribution in [2.45, 2.75) is 51.0 Å². The third-order valence-electron chi connectivity index (χ3n) is 2.70. The third-order valence-corrected chi connectivity index (χ3v) is 2.70. The lowest BCUT2D eigenvalue weighted by molar-refractivity contribution is 0.0992. The summed E-state index contributed by atoms with van der Waals surface area (Å²) in [5.74, 6) is 0. The quantitative estimate of drug-likeness (QED) is 0.580. The van der Waals surface area contributed by atoms with Crippen molar-refractivity contribution in [3.8, 4) is 6.07 Å². The molecule has 1 aliphatic rings. The average Bonchev–Trinajstić information content (AvgIpc) is 2.75. The van der Waals surface area contributed by atoms with Gasteiger partial charge in [0.1, 0.15) is 0 Å². The number of unbranched alkanes of at least 4 members (excludes halogenated alkanes) is 2. The van der Waals surface area contributed by atoms with Gasteiger partial charge in [-0.2, -0.15) is 5.26 Å². The smallest absolute Gasteiger partial charge is 0.0645 e. The standard InChI is InChI=1S/C12H21NO2/c13-8-5-10-14-9-3-1-2-6-12-7-4-11-15-12/h12H,1-7,9-11H2. The van der Waals surface area contributed by atoms with Crippen LogP contribution in [0.4, 0.5) is 0 Å². The van der Waals surface area contributed by atoms with Crippen molar-refractivity contribution in [2.75, 3.05) is 19.8 Å². The fourth-order valence-electron chi connectivity index (χ4n) is 1.84. The van der Waals surface area contributed by atoms with Crippen LogP contribution < -0.4 is 0 Å². The second kappa shape index (κ2) is 8.70. The molecule has 1 rings (SSSR count). The van der Waals surface area contributed by atoms with Crippen LogP contribution in [0.5, 0.6) is 0 Å². The topological polar surface area (TPSA) is 42.2 Å². The molecule has 0 saturated carbocycles. The first kappa shape index (κ1) is 12.5. The highest BCUT2D eigenvalue weighted by atomic mass is 16.5. The molecule has 1 saturated heterocycles. The fourth-order valence-corrected chi connectivity index (χ4v) is 1.84. The molecule has 0 aromatic carbocycles. The lowest BCUT2D eigenvalue weighted by Crippen LogP contribution is -2.04. The molecule has 0 amide bonds. The maximum absolute atomic E-state index is 8.28. The van der Waals surface area contributed by atoms with Gasteiger partial charge in [-0.3, -0.25) is 0 Å².